The lowest BCUT2D eigenvalue weighted by molar-refractivity contribution is -0.423. The minimum atomic E-state index is -4.00. The number of sulfonamides is 1. The first kappa shape index (κ1) is 21.1. The van der Waals surface area contributed by atoms with Crippen molar-refractivity contribution in [2.45, 2.75) is 30.2 Å². The van der Waals surface area contributed by atoms with Crippen LogP contribution in [0.3, 0.4) is 0 Å². The van der Waals surface area contributed by atoms with Crippen LogP contribution in [0, 0.1) is 11.3 Å². The molecule has 162 valence electrons. The zero-order chi connectivity index (χ0) is 22.4. The Kier molecular flexibility index (Phi) is 5.10. The Morgan fingerprint density at radius 2 is 2.16 bits per heavy atom. The number of allylic oxidation sites excluding steroid dienone is 1. The first-order chi connectivity index (χ1) is 14.7. The van der Waals surface area contributed by atoms with Crippen LogP contribution < -0.4 is 4.72 Å². The molecule has 1 saturated carbocycles. The molecule has 2 aliphatic carbocycles. The van der Waals surface area contributed by atoms with Gasteiger partial charge in [-0.25, -0.2) is 22.3 Å². The van der Waals surface area contributed by atoms with Crippen LogP contribution in [0.5, 0.6) is 0 Å². The predicted molar refractivity (Wildman–Crippen MR) is 106 cm³/mol. The Balaban J connectivity index is 1.70. The van der Waals surface area contributed by atoms with E-state index >= 15 is 0 Å². The van der Waals surface area contributed by atoms with E-state index in [2.05, 4.69) is 9.82 Å². The highest BCUT2D eigenvalue weighted by Crippen LogP contribution is 2.37. The highest BCUT2D eigenvalue weighted by atomic mass is 32.2. The van der Waals surface area contributed by atoms with Gasteiger partial charge < -0.3 is 0 Å². The number of rotatable bonds is 7. The molecule has 2 heterocycles. The van der Waals surface area contributed by atoms with Crippen molar-refractivity contribution >= 4 is 27.7 Å². The van der Waals surface area contributed by atoms with E-state index in [1.54, 1.807) is 13.2 Å². The summed E-state index contributed by atoms with van der Waals surface area (Å²) < 4.78 is 43.8. The number of alkyl halides is 1. The predicted octanol–water partition coefficient (Wildman–Crippen LogP) is 0.146. The number of hydrogen-bond acceptors (Lipinski definition) is 6. The number of nitriles is 1. The van der Waals surface area contributed by atoms with Crippen LogP contribution in [-0.2, 0) is 28.4 Å². The quantitative estimate of drug-likeness (QED) is 0.468. The number of hydrogen-bond donors (Lipinski definition) is 1. The molecule has 1 aromatic heterocycles. The largest absolute Gasteiger partial charge is 0.502 e. The molecule has 0 bridgehead atoms. The average molecular weight is 447 g/mol. The van der Waals surface area contributed by atoms with Crippen LogP contribution in [0.15, 0.2) is 36.2 Å². The number of nitrogens with zero attached hydrogens (tertiary/aromatic N) is 5. The summed E-state index contributed by atoms with van der Waals surface area (Å²) in [5, 5.41) is 12.0. The van der Waals surface area contributed by atoms with E-state index in [4.69, 9.17) is 5.26 Å². The van der Waals surface area contributed by atoms with Gasteiger partial charge in [0.05, 0.1) is 11.7 Å². The minimum absolute atomic E-state index is 0.00158. The molecule has 31 heavy (non-hydrogen) atoms. The Bertz CT molecular complexity index is 1200. The topological polar surface area (TPSA) is 128 Å². The molecule has 0 aromatic carbocycles. The molecule has 0 spiro atoms. The maximum atomic E-state index is 13.2. The van der Waals surface area contributed by atoms with Crippen LogP contribution in [0.4, 0.5) is 9.18 Å². The summed E-state index contributed by atoms with van der Waals surface area (Å²) in [6, 6.07) is 1.21. The number of carbonyl (C=O) groups is 2. The van der Waals surface area contributed by atoms with Crippen LogP contribution in [0.1, 0.15) is 18.4 Å². The molecule has 3 aliphatic rings. The molecule has 3 amide bonds. The van der Waals surface area contributed by atoms with E-state index in [0.29, 0.717) is 18.4 Å². The second-order valence-electron chi connectivity index (χ2n) is 7.79. The van der Waals surface area contributed by atoms with Gasteiger partial charge in [0.2, 0.25) is 10.0 Å². The lowest BCUT2D eigenvalue weighted by Crippen LogP contribution is -2.52. The van der Waals surface area contributed by atoms with E-state index in [-0.39, 0.29) is 24.4 Å². The molecular weight excluding hydrogens is 427 g/mol. The van der Waals surface area contributed by atoms with Gasteiger partial charge in [-0.05, 0) is 25.0 Å². The van der Waals surface area contributed by atoms with Crippen molar-refractivity contribution in [1.82, 2.24) is 19.4 Å². The molecule has 1 unspecified atom stereocenters. The summed E-state index contributed by atoms with van der Waals surface area (Å²) >= 11 is 0. The van der Waals surface area contributed by atoms with Crippen LogP contribution in [0.2, 0.25) is 0 Å². The Morgan fingerprint density at radius 1 is 1.42 bits per heavy atom. The van der Waals surface area contributed by atoms with E-state index in [0.717, 1.165) is 9.48 Å². The van der Waals surface area contributed by atoms with Gasteiger partial charge in [-0.3, -0.25) is 4.68 Å². The van der Waals surface area contributed by atoms with Crippen molar-refractivity contribution in [2.24, 2.45) is 7.05 Å². The summed E-state index contributed by atoms with van der Waals surface area (Å²) in [5.41, 5.74) is -0.305. The summed E-state index contributed by atoms with van der Waals surface area (Å²) in [4.78, 5) is 27.0. The summed E-state index contributed by atoms with van der Waals surface area (Å²) in [6.45, 7) is -1.20. The second-order valence-corrected chi connectivity index (χ2v) is 9.63. The zero-order valence-corrected chi connectivity index (χ0v) is 17.5. The molecule has 1 N–H and O–H groups in total. The number of amides is 3. The van der Waals surface area contributed by atoms with Crippen LogP contribution >= 0.6 is 0 Å². The highest BCUT2D eigenvalue weighted by molar-refractivity contribution is 7.90. The van der Waals surface area contributed by atoms with Gasteiger partial charge in [-0.1, -0.05) is 6.08 Å². The van der Waals surface area contributed by atoms with Crippen LogP contribution in [-0.4, -0.2) is 69.3 Å². The summed E-state index contributed by atoms with van der Waals surface area (Å²) in [7, 11) is -2.31. The van der Waals surface area contributed by atoms with Crippen molar-refractivity contribution in [3.63, 3.8) is 0 Å². The number of carbonyl (C=O) groups excluding carboxylic acids is 2. The van der Waals surface area contributed by atoms with Gasteiger partial charge >= 0.3 is 11.9 Å². The normalized spacial score (nSPS) is 22.3. The fourth-order valence-electron chi connectivity index (χ4n) is 3.55. The van der Waals surface area contributed by atoms with E-state index in [9.17, 15) is 22.4 Å². The fraction of sp³-hybridized carbons (Fsp3) is 0.421. The number of aromatic nitrogens is 2. The Hall–Kier alpha value is -3.17. The maximum absolute atomic E-state index is 13.2. The van der Waals surface area contributed by atoms with Crippen LogP contribution in [0.25, 0.3) is 0 Å². The number of fused-ring (bicyclic) bond motifs is 1. The van der Waals surface area contributed by atoms with Gasteiger partial charge in [0.25, 0.3) is 0 Å². The summed E-state index contributed by atoms with van der Waals surface area (Å²) in [6.07, 6.45) is 7.88. The lowest BCUT2D eigenvalue weighted by atomic mass is 9.99. The monoisotopic (exact) mass is 447 g/mol. The lowest BCUT2D eigenvalue weighted by Gasteiger charge is -2.25. The molecule has 10 nitrogen and oxygen atoms in total. The highest BCUT2D eigenvalue weighted by Gasteiger charge is 2.49. The molecule has 1 fully saturated rings. The third kappa shape index (κ3) is 3.82. The first-order valence-corrected chi connectivity index (χ1v) is 11.1. The third-order valence-electron chi connectivity index (χ3n) is 5.43. The van der Waals surface area contributed by atoms with E-state index in [1.807, 2.05) is 6.07 Å². The van der Waals surface area contributed by atoms with Gasteiger partial charge in [-0.15, -0.1) is 0 Å². The van der Waals surface area contributed by atoms with Gasteiger partial charge in [0.1, 0.15) is 35.8 Å². The fourth-order valence-corrected chi connectivity index (χ4v) is 5.15. The standard InChI is InChI=1S/C19H20FN6O4S/c1-24-10-13(9-22-24)11-26-17(27)15-8-14(31(29,30)23-19(12-20)4-5-19)2-3-16(15)25(7-6-21)18(26)28/h2-3,8-10,14,23H,4-5,7,11-12H2,1H3/q+1. The molecule has 1 atom stereocenters. The minimum Gasteiger partial charge on any atom is -0.275 e. The molecule has 1 aliphatic heterocycles. The zero-order valence-electron chi connectivity index (χ0n) is 16.7. The van der Waals surface area contributed by atoms with Gasteiger partial charge in [-0.2, -0.15) is 24.6 Å². The number of aryl methyl sites for hydroxylation is 1. The van der Waals surface area contributed by atoms with Gasteiger partial charge in [0.15, 0.2) is 6.54 Å². The van der Waals surface area contributed by atoms with Crippen molar-refractivity contribution in [1.29, 1.82) is 5.26 Å². The molecular formula is C19H20FN6O4S+. The molecule has 0 radical (unpaired) electrons. The van der Waals surface area contributed by atoms with Crippen molar-refractivity contribution in [2.75, 3.05) is 13.2 Å². The SMILES string of the molecule is Cn1cc(CN2C(=O)C3=CC(S(=O)(=O)NC4(CF)CC4)C=CC3=[N+](CC#N)C2=O)cn1. The third-order valence-corrected chi connectivity index (χ3v) is 7.16. The Morgan fingerprint density at radius 3 is 2.74 bits per heavy atom. The van der Waals surface area contributed by atoms with Crippen molar-refractivity contribution < 1.29 is 27.0 Å². The van der Waals surface area contributed by atoms with Gasteiger partial charge in [0, 0.05) is 18.8 Å². The Labute approximate surface area is 178 Å². The van der Waals surface area contributed by atoms with E-state index in [1.165, 1.54) is 29.1 Å². The maximum Gasteiger partial charge on any atom is 0.502 e. The smallest absolute Gasteiger partial charge is 0.275 e. The van der Waals surface area contributed by atoms with E-state index < -0.39 is 39.4 Å². The molecule has 4 rings (SSSR count). The number of nitrogens with one attached hydrogen (secondary N) is 1. The average Bonchev–Trinajstić information content (AvgIpc) is 3.38. The molecule has 12 heteroatoms. The number of halogens is 1. The summed E-state index contributed by atoms with van der Waals surface area (Å²) in [5.74, 6) is -0.672. The first-order valence-electron chi connectivity index (χ1n) is 9.54. The molecule has 0 saturated heterocycles. The van der Waals surface area contributed by atoms with Crippen molar-refractivity contribution in [3.8, 4) is 6.07 Å². The second kappa shape index (κ2) is 7.51. The number of urea groups is 1. The number of imide groups is 1. The molecule has 1 aromatic rings. The van der Waals surface area contributed by atoms with Crippen molar-refractivity contribution in [3.05, 3.63) is 41.8 Å².